The van der Waals surface area contributed by atoms with Crippen LogP contribution < -0.4 is 5.32 Å². The Morgan fingerprint density at radius 1 is 1.00 bits per heavy atom. The summed E-state index contributed by atoms with van der Waals surface area (Å²) in [5.41, 5.74) is 1.99. The first kappa shape index (κ1) is 15.0. The zero-order valence-corrected chi connectivity index (χ0v) is 12.4. The molecule has 0 saturated carbocycles. The number of anilines is 1. The second-order valence-corrected chi connectivity index (χ2v) is 6.11. The fourth-order valence-corrected chi connectivity index (χ4v) is 1.85. The Kier molecular flexibility index (Phi) is 4.80. The molecule has 18 heavy (non-hydrogen) atoms. The molecule has 0 fully saturated rings. The first-order valence-electron chi connectivity index (χ1n) is 6.87. The summed E-state index contributed by atoms with van der Waals surface area (Å²) in [5.74, 6) is 0. The van der Waals surface area contributed by atoms with E-state index in [0.29, 0.717) is 6.54 Å². The quantitative estimate of drug-likeness (QED) is 0.828. The van der Waals surface area contributed by atoms with Gasteiger partial charge in [0.1, 0.15) is 0 Å². The Morgan fingerprint density at radius 3 is 1.89 bits per heavy atom. The second kappa shape index (κ2) is 5.75. The largest absolute Gasteiger partial charge is 0.388 e. The Balaban J connectivity index is 2.65. The minimum absolute atomic E-state index is 0.187. The topological polar surface area (TPSA) is 32.3 Å². The third-order valence-electron chi connectivity index (χ3n) is 3.69. The van der Waals surface area contributed by atoms with Crippen molar-refractivity contribution >= 4 is 5.69 Å². The van der Waals surface area contributed by atoms with Crippen LogP contribution in [0, 0.1) is 0 Å². The smallest absolute Gasteiger partial charge is 0.0814 e. The van der Waals surface area contributed by atoms with E-state index < -0.39 is 5.60 Å². The van der Waals surface area contributed by atoms with Gasteiger partial charge in [-0.15, -0.1) is 0 Å². The van der Waals surface area contributed by atoms with E-state index in [9.17, 15) is 5.11 Å². The molecule has 0 spiro atoms. The summed E-state index contributed by atoms with van der Waals surface area (Å²) in [7, 11) is 0. The number of aliphatic hydroxyl groups is 1. The lowest BCUT2D eigenvalue weighted by molar-refractivity contribution is 0.0457. The molecule has 0 unspecified atom stereocenters. The van der Waals surface area contributed by atoms with Gasteiger partial charge in [0.2, 0.25) is 0 Å². The maximum Gasteiger partial charge on any atom is 0.0814 e. The average molecular weight is 249 g/mol. The molecule has 0 saturated heterocycles. The standard InChI is InChI=1S/C16H27NO/c1-6-16(18,7-2)12-17-14-10-8-13(9-11-14)15(3,4)5/h8-11,17-18H,6-7,12H2,1-5H3. The van der Waals surface area contributed by atoms with Crippen molar-refractivity contribution in [2.75, 3.05) is 11.9 Å². The van der Waals surface area contributed by atoms with Crippen molar-refractivity contribution in [2.24, 2.45) is 0 Å². The van der Waals surface area contributed by atoms with E-state index in [4.69, 9.17) is 0 Å². The van der Waals surface area contributed by atoms with E-state index in [2.05, 4.69) is 50.4 Å². The average Bonchev–Trinajstić information content (AvgIpc) is 2.35. The van der Waals surface area contributed by atoms with Crippen LogP contribution in [0.5, 0.6) is 0 Å². The van der Waals surface area contributed by atoms with Crippen molar-refractivity contribution in [1.29, 1.82) is 0 Å². The molecular formula is C16H27NO. The molecular weight excluding hydrogens is 222 g/mol. The molecule has 2 heteroatoms. The molecule has 2 nitrogen and oxygen atoms in total. The summed E-state index contributed by atoms with van der Waals surface area (Å²) in [6.45, 7) is 11.3. The summed E-state index contributed by atoms with van der Waals surface area (Å²) in [6, 6.07) is 8.48. The summed E-state index contributed by atoms with van der Waals surface area (Å²) < 4.78 is 0. The molecule has 1 rings (SSSR count). The minimum atomic E-state index is -0.595. The van der Waals surface area contributed by atoms with Gasteiger partial charge in [0.05, 0.1) is 5.60 Å². The van der Waals surface area contributed by atoms with Gasteiger partial charge in [0.15, 0.2) is 0 Å². The second-order valence-electron chi connectivity index (χ2n) is 6.11. The highest BCUT2D eigenvalue weighted by Gasteiger charge is 2.21. The van der Waals surface area contributed by atoms with Gasteiger partial charge in [-0.2, -0.15) is 0 Å². The Morgan fingerprint density at radius 2 is 1.50 bits per heavy atom. The van der Waals surface area contributed by atoms with E-state index >= 15 is 0 Å². The van der Waals surface area contributed by atoms with Crippen molar-refractivity contribution in [3.8, 4) is 0 Å². The van der Waals surface area contributed by atoms with Gasteiger partial charge in [-0.3, -0.25) is 0 Å². The predicted molar refractivity (Wildman–Crippen MR) is 79.2 cm³/mol. The molecule has 2 N–H and O–H groups in total. The molecule has 0 radical (unpaired) electrons. The number of benzene rings is 1. The van der Waals surface area contributed by atoms with Crippen LogP contribution in [-0.4, -0.2) is 17.3 Å². The van der Waals surface area contributed by atoms with Crippen molar-refractivity contribution in [1.82, 2.24) is 0 Å². The molecule has 0 bridgehead atoms. The lowest BCUT2D eigenvalue weighted by atomic mass is 9.87. The maximum absolute atomic E-state index is 10.2. The summed E-state index contributed by atoms with van der Waals surface area (Å²) >= 11 is 0. The zero-order valence-electron chi connectivity index (χ0n) is 12.4. The van der Waals surface area contributed by atoms with Gasteiger partial charge < -0.3 is 10.4 Å². The van der Waals surface area contributed by atoms with E-state index in [1.807, 2.05) is 13.8 Å². The van der Waals surface area contributed by atoms with Gasteiger partial charge in [0.25, 0.3) is 0 Å². The van der Waals surface area contributed by atoms with Crippen LogP contribution in [0.25, 0.3) is 0 Å². The molecule has 0 aliphatic carbocycles. The van der Waals surface area contributed by atoms with Crippen molar-refractivity contribution in [2.45, 2.75) is 58.5 Å². The van der Waals surface area contributed by atoms with Crippen LogP contribution in [-0.2, 0) is 5.41 Å². The SMILES string of the molecule is CCC(O)(CC)CNc1ccc(C(C)(C)C)cc1. The van der Waals surface area contributed by atoms with Crippen molar-refractivity contribution in [3.63, 3.8) is 0 Å². The zero-order chi connectivity index (χ0) is 13.8. The van der Waals surface area contributed by atoms with Crippen LogP contribution in [0.15, 0.2) is 24.3 Å². The van der Waals surface area contributed by atoms with Crippen LogP contribution in [0.3, 0.4) is 0 Å². The van der Waals surface area contributed by atoms with Gasteiger partial charge >= 0.3 is 0 Å². The molecule has 0 heterocycles. The van der Waals surface area contributed by atoms with Crippen LogP contribution in [0.1, 0.15) is 53.0 Å². The molecule has 1 aromatic carbocycles. The van der Waals surface area contributed by atoms with Gasteiger partial charge in [0, 0.05) is 12.2 Å². The lowest BCUT2D eigenvalue weighted by Crippen LogP contribution is -2.35. The van der Waals surface area contributed by atoms with E-state index in [1.165, 1.54) is 5.56 Å². The van der Waals surface area contributed by atoms with Crippen molar-refractivity contribution < 1.29 is 5.11 Å². The van der Waals surface area contributed by atoms with Gasteiger partial charge in [-0.1, -0.05) is 46.8 Å². The minimum Gasteiger partial charge on any atom is -0.388 e. The van der Waals surface area contributed by atoms with Crippen molar-refractivity contribution in [3.05, 3.63) is 29.8 Å². The molecule has 0 aromatic heterocycles. The first-order valence-corrected chi connectivity index (χ1v) is 6.87. The summed E-state index contributed by atoms with van der Waals surface area (Å²) in [6.07, 6.45) is 1.55. The van der Waals surface area contributed by atoms with E-state index in [-0.39, 0.29) is 5.41 Å². The highest BCUT2D eigenvalue weighted by molar-refractivity contribution is 5.46. The molecule has 0 atom stereocenters. The van der Waals surface area contributed by atoms with Crippen LogP contribution in [0.4, 0.5) is 5.69 Å². The van der Waals surface area contributed by atoms with Gasteiger partial charge in [-0.25, -0.2) is 0 Å². The maximum atomic E-state index is 10.2. The van der Waals surface area contributed by atoms with Crippen LogP contribution in [0.2, 0.25) is 0 Å². The summed E-state index contributed by atoms with van der Waals surface area (Å²) in [5, 5.41) is 13.5. The fraction of sp³-hybridized carbons (Fsp3) is 0.625. The van der Waals surface area contributed by atoms with Crippen LogP contribution >= 0.6 is 0 Å². The number of hydrogen-bond donors (Lipinski definition) is 2. The highest BCUT2D eigenvalue weighted by atomic mass is 16.3. The third kappa shape index (κ3) is 4.02. The molecule has 0 aliphatic rings. The third-order valence-corrected chi connectivity index (χ3v) is 3.69. The predicted octanol–water partition coefficient (Wildman–Crippen LogP) is 3.95. The Hall–Kier alpha value is -1.02. The molecule has 1 aromatic rings. The molecule has 0 aliphatic heterocycles. The fourth-order valence-electron chi connectivity index (χ4n) is 1.85. The number of nitrogens with one attached hydrogen (secondary N) is 1. The first-order chi connectivity index (χ1) is 8.30. The number of hydrogen-bond acceptors (Lipinski definition) is 2. The lowest BCUT2D eigenvalue weighted by Gasteiger charge is -2.26. The number of rotatable bonds is 5. The normalized spacial score (nSPS) is 12.6. The van der Waals surface area contributed by atoms with E-state index in [0.717, 1.165) is 18.5 Å². The Bertz CT molecular complexity index is 358. The Labute approximate surface area is 111 Å². The highest BCUT2D eigenvalue weighted by Crippen LogP contribution is 2.24. The summed E-state index contributed by atoms with van der Waals surface area (Å²) in [4.78, 5) is 0. The molecule has 0 amide bonds. The molecule has 102 valence electrons. The monoisotopic (exact) mass is 249 g/mol. The van der Waals surface area contributed by atoms with Gasteiger partial charge in [-0.05, 0) is 36.0 Å². The van der Waals surface area contributed by atoms with E-state index in [1.54, 1.807) is 0 Å².